The van der Waals surface area contributed by atoms with Crippen molar-refractivity contribution >= 4 is 5.91 Å². The van der Waals surface area contributed by atoms with Crippen LogP contribution in [0, 0.1) is 0 Å². The van der Waals surface area contributed by atoms with Crippen molar-refractivity contribution in [2.45, 2.75) is 45.8 Å². The third kappa shape index (κ3) is 6.74. The first-order valence-corrected chi connectivity index (χ1v) is 14.6. The van der Waals surface area contributed by atoms with E-state index in [-0.39, 0.29) is 28.9 Å². The van der Waals surface area contributed by atoms with Crippen molar-refractivity contribution in [3.8, 4) is 11.5 Å². The van der Waals surface area contributed by atoms with E-state index in [1.54, 1.807) is 11.0 Å². The van der Waals surface area contributed by atoms with Crippen LogP contribution in [0.25, 0.3) is 0 Å². The molecule has 3 heterocycles. The Kier molecular flexibility index (Phi) is 8.76. The fourth-order valence-electron chi connectivity index (χ4n) is 6.11. The Morgan fingerprint density at radius 3 is 2.08 bits per heavy atom. The summed E-state index contributed by atoms with van der Waals surface area (Å²) in [4.78, 5) is 25.3. The zero-order valence-electron chi connectivity index (χ0n) is 23.9. The lowest BCUT2D eigenvalue weighted by molar-refractivity contribution is 0.0748. The predicted molar refractivity (Wildman–Crippen MR) is 154 cm³/mol. The number of piperazine rings is 2. The molecule has 0 aliphatic carbocycles. The molecule has 0 radical (unpaired) electrons. The largest absolute Gasteiger partial charge is 0.508 e. The molecule has 8 heteroatoms. The molecule has 2 aromatic carbocycles. The molecule has 0 aromatic heterocycles. The normalized spacial score (nSPS) is 19.6. The standard InChI is InChI=1S/C31H45N5O3/c1-23(2)27-18-28(30(38)19-29(27)37)31(39)36-21-25-6-5-24(17-26(25)22-36)20-35-15-13-34(14-16-35)8-4-7-33-11-9-32(3)10-12-33/h5-6,17-19,23,37-38H,4,7-16,20-22H2,1-3H3. The first kappa shape index (κ1) is 27.9. The number of aromatic hydroxyl groups is 2. The molecule has 1 amide bonds. The molecule has 2 N–H and O–H groups in total. The minimum absolute atomic E-state index is 0.0277. The smallest absolute Gasteiger partial charge is 0.258 e. The minimum Gasteiger partial charge on any atom is -0.508 e. The number of fused-ring (bicyclic) bond motifs is 1. The minimum atomic E-state index is -0.198. The van der Waals surface area contributed by atoms with Gasteiger partial charge in [-0.25, -0.2) is 0 Å². The number of benzene rings is 2. The molecule has 5 rings (SSSR count). The molecular weight excluding hydrogens is 490 g/mol. The van der Waals surface area contributed by atoms with Crippen LogP contribution < -0.4 is 0 Å². The zero-order chi connectivity index (χ0) is 27.5. The molecule has 3 aliphatic heterocycles. The van der Waals surface area contributed by atoms with Gasteiger partial charge in [0.25, 0.3) is 5.91 Å². The number of likely N-dealkylation sites (N-methyl/N-ethyl adjacent to an activating group) is 1. The molecule has 2 saturated heterocycles. The average Bonchev–Trinajstić information content (AvgIpc) is 3.34. The topological polar surface area (TPSA) is 73.7 Å². The monoisotopic (exact) mass is 535 g/mol. The van der Waals surface area contributed by atoms with E-state index in [1.807, 2.05) is 13.8 Å². The van der Waals surface area contributed by atoms with Gasteiger partial charge in [-0.05, 0) is 60.8 Å². The van der Waals surface area contributed by atoms with Gasteiger partial charge in [0.15, 0.2) is 0 Å². The summed E-state index contributed by atoms with van der Waals surface area (Å²) >= 11 is 0. The second-order valence-corrected chi connectivity index (χ2v) is 12.0. The third-order valence-electron chi connectivity index (χ3n) is 8.69. The van der Waals surface area contributed by atoms with Crippen LogP contribution in [-0.2, 0) is 19.6 Å². The highest BCUT2D eigenvalue weighted by Crippen LogP contribution is 2.34. The Balaban J connectivity index is 1.10. The van der Waals surface area contributed by atoms with Crippen molar-refractivity contribution in [3.63, 3.8) is 0 Å². The van der Waals surface area contributed by atoms with Gasteiger partial charge in [-0.1, -0.05) is 32.0 Å². The summed E-state index contributed by atoms with van der Waals surface area (Å²) in [6.07, 6.45) is 1.25. The summed E-state index contributed by atoms with van der Waals surface area (Å²) in [5, 5.41) is 20.5. The molecule has 0 spiro atoms. The van der Waals surface area contributed by atoms with Gasteiger partial charge in [-0.15, -0.1) is 0 Å². The van der Waals surface area contributed by atoms with Gasteiger partial charge in [0.05, 0.1) is 5.56 Å². The van der Waals surface area contributed by atoms with Crippen LogP contribution in [-0.4, -0.2) is 113 Å². The Hall–Kier alpha value is -2.65. The zero-order valence-corrected chi connectivity index (χ0v) is 23.9. The van der Waals surface area contributed by atoms with Crippen LogP contribution >= 0.6 is 0 Å². The Labute approximate surface area is 233 Å². The van der Waals surface area contributed by atoms with Crippen LogP contribution in [0.15, 0.2) is 30.3 Å². The second-order valence-electron chi connectivity index (χ2n) is 12.0. The van der Waals surface area contributed by atoms with Gasteiger partial charge in [-0.2, -0.15) is 0 Å². The fraction of sp³-hybridized carbons (Fsp3) is 0.581. The molecule has 8 nitrogen and oxygen atoms in total. The maximum absolute atomic E-state index is 13.3. The number of amides is 1. The van der Waals surface area contributed by atoms with Crippen molar-refractivity contribution in [1.29, 1.82) is 0 Å². The maximum Gasteiger partial charge on any atom is 0.258 e. The Morgan fingerprint density at radius 1 is 0.795 bits per heavy atom. The number of hydrogen-bond donors (Lipinski definition) is 2. The number of phenols is 2. The van der Waals surface area contributed by atoms with Gasteiger partial charge in [-0.3, -0.25) is 9.69 Å². The SMILES string of the molecule is CC(C)c1cc(C(=O)N2Cc3ccc(CN4CCN(CCCN5CCN(C)CC5)CC4)cc3C2)c(O)cc1O. The number of carbonyl (C=O) groups is 1. The summed E-state index contributed by atoms with van der Waals surface area (Å²) in [6.45, 7) is 17.6. The lowest BCUT2D eigenvalue weighted by Crippen LogP contribution is -2.47. The summed E-state index contributed by atoms with van der Waals surface area (Å²) in [7, 11) is 2.21. The van der Waals surface area contributed by atoms with Gasteiger partial charge < -0.3 is 29.8 Å². The van der Waals surface area contributed by atoms with Crippen molar-refractivity contribution < 1.29 is 15.0 Å². The summed E-state index contributed by atoms with van der Waals surface area (Å²) < 4.78 is 0. The molecule has 0 saturated carbocycles. The van der Waals surface area contributed by atoms with E-state index >= 15 is 0 Å². The van der Waals surface area contributed by atoms with Crippen LogP contribution in [0.3, 0.4) is 0 Å². The Morgan fingerprint density at radius 2 is 1.41 bits per heavy atom. The highest BCUT2D eigenvalue weighted by atomic mass is 16.3. The highest BCUT2D eigenvalue weighted by Gasteiger charge is 2.28. The van der Waals surface area contributed by atoms with E-state index in [4.69, 9.17) is 0 Å². The summed E-state index contributed by atoms with van der Waals surface area (Å²) in [5.41, 5.74) is 4.57. The average molecular weight is 536 g/mol. The number of carbonyl (C=O) groups excluding carboxylic acids is 1. The molecule has 0 bridgehead atoms. The molecule has 3 aliphatic rings. The first-order valence-electron chi connectivity index (χ1n) is 14.6. The molecule has 0 atom stereocenters. The number of hydrogen-bond acceptors (Lipinski definition) is 7. The molecule has 2 aromatic rings. The van der Waals surface area contributed by atoms with Crippen molar-refractivity contribution in [2.75, 3.05) is 72.5 Å². The number of rotatable bonds is 8. The van der Waals surface area contributed by atoms with E-state index in [2.05, 4.69) is 44.8 Å². The molecule has 0 unspecified atom stereocenters. The maximum atomic E-state index is 13.3. The molecule has 2 fully saturated rings. The first-order chi connectivity index (χ1) is 18.8. The van der Waals surface area contributed by atoms with E-state index < -0.39 is 0 Å². The van der Waals surface area contributed by atoms with E-state index in [0.717, 1.165) is 32.7 Å². The van der Waals surface area contributed by atoms with Crippen molar-refractivity contribution in [1.82, 2.24) is 24.5 Å². The van der Waals surface area contributed by atoms with Gasteiger partial charge in [0.2, 0.25) is 0 Å². The molecule has 39 heavy (non-hydrogen) atoms. The third-order valence-corrected chi connectivity index (χ3v) is 8.69. The van der Waals surface area contributed by atoms with Crippen LogP contribution in [0.1, 0.15) is 58.8 Å². The fourth-order valence-corrected chi connectivity index (χ4v) is 6.11. The quantitative estimate of drug-likeness (QED) is 0.538. The summed E-state index contributed by atoms with van der Waals surface area (Å²) in [5.74, 6) is -0.285. The number of phenolic OH excluding ortho intramolecular Hbond substituents is 2. The van der Waals surface area contributed by atoms with Crippen LogP contribution in [0.4, 0.5) is 0 Å². The second kappa shape index (κ2) is 12.3. The highest BCUT2D eigenvalue weighted by molar-refractivity contribution is 5.97. The van der Waals surface area contributed by atoms with Gasteiger partial charge in [0.1, 0.15) is 11.5 Å². The van der Waals surface area contributed by atoms with Crippen molar-refractivity contribution in [2.24, 2.45) is 0 Å². The van der Waals surface area contributed by atoms with Crippen LogP contribution in [0.5, 0.6) is 11.5 Å². The molecule has 212 valence electrons. The Bertz CT molecular complexity index is 1150. The molecular formula is C31H45N5O3. The van der Waals surface area contributed by atoms with Crippen molar-refractivity contribution in [3.05, 3.63) is 58.1 Å². The van der Waals surface area contributed by atoms with E-state index in [9.17, 15) is 15.0 Å². The van der Waals surface area contributed by atoms with Crippen LogP contribution in [0.2, 0.25) is 0 Å². The van der Waals surface area contributed by atoms with Gasteiger partial charge >= 0.3 is 0 Å². The predicted octanol–water partition coefficient (Wildman–Crippen LogP) is 3.13. The lowest BCUT2D eigenvalue weighted by Gasteiger charge is -2.36. The van der Waals surface area contributed by atoms with Gasteiger partial charge in [0, 0.05) is 78.1 Å². The van der Waals surface area contributed by atoms with E-state index in [0.29, 0.717) is 18.7 Å². The number of nitrogens with zero attached hydrogens (tertiary/aromatic N) is 5. The summed E-state index contributed by atoms with van der Waals surface area (Å²) in [6, 6.07) is 9.53. The lowest BCUT2D eigenvalue weighted by atomic mass is 9.98. The van der Waals surface area contributed by atoms with E-state index in [1.165, 1.54) is 68.4 Å².